The van der Waals surface area contributed by atoms with Crippen LogP contribution in [-0.2, 0) is 0 Å². The lowest BCUT2D eigenvalue weighted by molar-refractivity contribution is 0.431. The van der Waals surface area contributed by atoms with Gasteiger partial charge in [0, 0.05) is 17.7 Å². The van der Waals surface area contributed by atoms with Crippen molar-refractivity contribution in [3.63, 3.8) is 0 Å². The summed E-state index contributed by atoms with van der Waals surface area (Å²) in [7, 11) is 0. The lowest BCUT2D eigenvalue weighted by Crippen LogP contribution is -2.06. The Kier molecular flexibility index (Phi) is 3.36. The van der Waals surface area contributed by atoms with Crippen molar-refractivity contribution >= 4 is 0 Å². The fourth-order valence-electron chi connectivity index (χ4n) is 2.87. The van der Waals surface area contributed by atoms with Crippen molar-refractivity contribution in [2.75, 3.05) is 0 Å². The van der Waals surface area contributed by atoms with Crippen LogP contribution in [0.3, 0.4) is 0 Å². The molecule has 0 bridgehead atoms. The number of aromatic amines is 1. The van der Waals surface area contributed by atoms with E-state index >= 15 is 0 Å². The maximum absolute atomic E-state index is 13.3. The van der Waals surface area contributed by atoms with Gasteiger partial charge in [-0.2, -0.15) is 0 Å². The smallest absolute Gasteiger partial charge is 0.126 e. The number of aromatic nitrogens is 2. The molecule has 0 unspecified atom stereocenters. The molecule has 0 amide bonds. The second kappa shape index (κ2) is 5.16. The lowest BCUT2D eigenvalue weighted by atomic mass is 9.89. The van der Waals surface area contributed by atoms with Gasteiger partial charge in [0.1, 0.15) is 11.6 Å². The van der Waals surface area contributed by atoms with E-state index in [1.54, 1.807) is 13.0 Å². The Morgan fingerprint density at radius 1 is 1.21 bits per heavy atom. The summed E-state index contributed by atoms with van der Waals surface area (Å²) in [5.74, 6) is 1.51. The molecular formula is C16H19FN2. The number of halogens is 1. The molecule has 100 valence electrons. The van der Waals surface area contributed by atoms with Crippen molar-refractivity contribution in [3.8, 4) is 11.3 Å². The Labute approximate surface area is 113 Å². The summed E-state index contributed by atoms with van der Waals surface area (Å²) in [5, 5.41) is 0. The first-order valence-corrected chi connectivity index (χ1v) is 7.06. The first-order chi connectivity index (χ1) is 9.24. The van der Waals surface area contributed by atoms with Crippen LogP contribution in [0.2, 0.25) is 0 Å². The predicted molar refractivity (Wildman–Crippen MR) is 74.5 cm³/mol. The maximum Gasteiger partial charge on any atom is 0.126 e. The first kappa shape index (κ1) is 12.4. The highest BCUT2D eigenvalue weighted by atomic mass is 19.1. The zero-order valence-electron chi connectivity index (χ0n) is 11.2. The van der Waals surface area contributed by atoms with Gasteiger partial charge in [0.25, 0.3) is 0 Å². The quantitative estimate of drug-likeness (QED) is 0.839. The van der Waals surface area contributed by atoms with Crippen LogP contribution < -0.4 is 0 Å². The molecule has 1 N–H and O–H groups in total. The predicted octanol–water partition coefficient (Wildman–Crippen LogP) is 4.57. The molecule has 0 radical (unpaired) electrons. The third kappa shape index (κ3) is 2.55. The minimum atomic E-state index is -0.160. The zero-order chi connectivity index (χ0) is 13.2. The lowest BCUT2D eigenvalue weighted by Gasteiger charge is -2.19. The van der Waals surface area contributed by atoms with Gasteiger partial charge < -0.3 is 4.98 Å². The summed E-state index contributed by atoms with van der Waals surface area (Å²) in [4.78, 5) is 8.00. The van der Waals surface area contributed by atoms with E-state index in [9.17, 15) is 4.39 Å². The molecule has 0 saturated heterocycles. The fourth-order valence-corrected chi connectivity index (χ4v) is 2.87. The van der Waals surface area contributed by atoms with Crippen LogP contribution in [0.1, 0.15) is 49.4 Å². The Balaban J connectivity index is 1.85. The normalized spacial score (nSPS) is 16.7. The van der Waals surface area contributed by atoms with Crippen LogP contribution in [0.5, 0.6) is 0 Å². The average Bonchev–Trinajstić information content (AvgIpc) is 2.93. The number of nitrogens with one attached hydrogen (secondary N) is 1. The average molecular weight is 258 g/mol. The molecule has 3 rings (SSSR count). The number of hydrogen-bond acceptors (Lipinski definition) is 1. The highest BCUT2D eigenvalue weighted by Crippen LogP contribution is 2.32. The standard InChI is InChI=1S/C16H19FN2/c1-11-9-13(7-8-14(11)17)15-10-18-16(19-15)12-5-3-2-4-6-12/h7-10,12H,2-6H2,1H3,(H,18,19). The van der Waals surface area contributed by atoms with E-state index in [1.165, 1.54) is 38.2 Å². The Hall–Kier alpha value is -1.64. The van der Waals surface area contributed by atoms with Gasteiger partial charge in [-0.15, -0.1) is 0 Å². The number of benzene rings is 1. The highest BCUT2D eigenvalue weighted by Gasteiger charge is 2.18. The minimum Gasteiger partial charge on any atom is -0.348 e. The van der Waals surface area contributed by atoms with Crippen LogP contribution in [0, 0.1) is 12.7 Å². The number of hydrogen-bond donors (Lipinski definition) is 1. The molecule has 1 aliphatic rings. The SMILES string of the molecule is Cc1cc(-c2c[nH]c(C3CCCCC3)n2)ccc1F. The van der Waals surface area contributed by atoms with Gasteiger partial charge >= 0.3 is 0 Å². The molecule has 1 saturated carbocycles. The number of nitrogens with zero attached hydrogens (tertiary/aromatic N) is 1. The van der Waals surface area contributed by atoms with Crippen LogP contribution >= 0.6 is 0 Å². The molecule has 2 nitrogen and oxygen atoms in total. The summed E-state index contributed by atoms with van der Waals surface area (Å²) in [5.41, 5.74) is 2.57. The molecule has 0 atom stereocenters. The van der Waals surface area contributed by atoms with Crippen molar-refractivity contribution in [1.82, 2.24) is 9.97 Å². The first-order valence-electron chi connectivity index (χ1n) is 7.06. The summed E-state index contributed by atoms with van der Waals surface area (Å²) >= 11 is 0. The van der Waals surface area contributed by atoms with Crippen molar-refractivity contribution in [1.29, 1.82) is 0 Å². The largest absolute Gasteiger partial charge is 0.348 e. The maximum atomic E-state index is 13.3. The van der Waals surface area contributed by atoms with Crippen LogP contribution in [0.25, 0.3) is 11.3 Å². The molecule has 1 aromatic carbocycles. The Morgan fingerprint density at radius 3 is 2.74 bits per heavy atom. The Morgan fingerprint density at radius 2 is 2.00 bits per heavy atom. The van der Waals surface area contributed by atoms with E-state index in [0.29, 0.717) is 11.5 Å². The van der Waals surface area contributed by atoms with E-state index in [1.807, 2.05) is 12.3 Å². The third-order valence-corrected chi connectivity index (χ3v) is 4.04. The summed E-state index contributed by atoms with van der Waals surface area (Å²) < 4.78 is 13.3. The minimum absolute atomic E-state index is 0.160. The van der Waals surface area contributed by atoms with Crippen molar-refractivity contribution < 1.29 is 4.39 Å². The van der Waals surface area contributed by atoms with E-state index in [4.69, 9.17) is 4.98 Å². The van der Waals surface area contributed by atoms with Gasteiger partial charge in [0.05, 0.1) is 5.69 Å². The van der Waals surface area contributed by atoms with E-state index in [-0.39, 0.29) is 5.82 Å². The van der Waals surface area contributed by atoms with Gasteiger partial charge in [-0.05, 0) is 43.5 Å². The highest BCUT2D eigenvalue weighted by molar-refractivity contribution is 5.59. The molecule has 0 aliphatic heterocycles. The van der Waals surface area contributed by atoms with E-state index in [0.717, 1.165) is 17.1 Å². The molecule has 0 spiro atoms. The zero-order valence-corrected chi connectivity index (χ0v) is 11.2. The second-order valence-electron chi connectivity index (χ2n) is 5.47. The molecular weight excluding hydrogens is 239 g/mol. The van der Waals surface area contributed by atoms with Crippen molar-refractivity contribution in [2.24, 2.45) is 0 Å². The van der Waals surface area contributed by atoms with Gasteiger partial charge in [0.15, 0.2) is 0 Å². The van der Waals surface area contributed by atoms with Crippen LogP contribution in [0.15, 0.2) is 24.4 Å². The summed E-state index contributed by atoms with van der Waals surface area (Å²) in [6.45, 7) is 1.79. The van der Waals surface area contributed by atoms with Crippen molar-refractivity contribution in [2.45, 2.75) is 44.9 Å². The second-order valence-corrected chi connectivity index (χ2v) is 5.47. The number of imidazole rings is 1. The van der Waals surface area contributed by atoms with Gasteiger partial charge in [0.2, 0.25) is 0 Å². The molecule has 1 fully saturated rings. The third-order valence-electron chi connectivity index (χ3n) is 4.04. The van der Waals surface area contributed by atoms with Gasteiger partial charge in [-0.3, -0.25) is 0 Å². The fraction of sp³-hybridized carbons (Fsp3) is 0.438. The Bertz CT molecular complexity index is 568. The molecule has 3 heteroatoms. The number of rotatable bonds is 2. The number of aryl methyl sites for hydroxylation is 1. The molecule has 1 aromatic heterocycles. The van der Waals surface area contributed by atoms with Crippen molar-refractivity contribution in [3.05, 3.63) is 41.6 Å². The van der Waals surface area contributed by atoms with E-state index in [2.05, 4.69) is 4.98 Å². The van der Waals surface area contributed by atoms with Crippen LogP contribution in [0.4, 0.5) is 4.39 Å². The summed E-state index contributed by atoms with van der Waals surface area (Å²) in [6, 6.07) is 5.17. The monoisotopic (exact) mass is 258 g/mol. The number of H-pyrrole nitrogens is 1. The molecule has 1 heterocycles. The molecule has 2 aromatic rings. The van der Waals surface area contributed by atoms with Crippen LogP contribution in [-0.4, -0.2) is 9.97 Å². The van der Waals surface area contributed by atoms with E-state index < -0.39 is 0 Å². The van der Waals surface area contributed by atoms with Gasteiger partial charge in [-0.25, -0.2) is 9.37 Å². The topological polar surface area (TPSA) is 28.7 Å². The molecule has 1 aliphatic carbocycles. The molecule has 19 heavy (non-hydrogen) atoms. The summed E-state index contributed by atoms with van der Waals surface area (Å²) in [6.07, 6.45) is 8.36. The van der Waals surface area contributed by atoms with Gasteiger partial charge in [-0.1, -0.05) is 19.3 Å².